The van der Waals surface area contributed by atoms with E-state index >= 15 is 0 Å². The molecule has 0 amide bonds. The van der Waals surface area contributed by atoms with Crippen LogP contribution in [-0.4, -0.2) is 17.2 Å². The molecule has 0 spiro atoms. The van der Waals surface area contributed by atoms with E-state index in [0.29, 0.717) is 5.92 Å². The number of nitrogens with one attached hydrogen (secondary N) is 1. The zero-order valence-corrected chi connectivity index (χ0v) is 11.4. The van der Waals surface area contributed by atoms with Crippen LogP contribution in [0.3, 0.4) is 0 Å². The number of rotatable bonds is 3. The van der Waals surface area contributed by atoms with Gasteiger partial charge in [-0.15, -0.1) is 21.5 Å². The van der Waals surface area contributed by atoms with Crippen molar-refractivity contribution in [2.45, 2.75) is 31.7 Å². The summed E-state index contributed by atoms with van der Waals surface area (Å²) in [4.78, 5) is 1.55. The summed E-state index contributed by atoms with van der Waals surface area (Å²) in [5.41, 5.74) is 1.49. The van der Waals surface area contributed by atoms with Gasteiger partial charge in [0, 0.05) is 17.3 Å². The number of hydrogen-bond donors (Lipinski definition) is 1. The topological polar surface area (TPSA) is 37.8 Å². The van der Waals surface area contributed by atoms with E-state index in [1.165, 1.54) is 29.8 Å². The first kappa shape index (κ1) is 11.3. The van der Waals surface area contributed by atoms with E-state index in [1.54, 1.807) is 16.2 Å². The van der Waals surface area contributed by atoms with Crippen molar-refractivity contribution in [3.8, 4) is 0 Å². The van der Waals surface area contributed by atoms with Crippen LogP contribution in [0.2, 0.25) is 0 Å². The summed E-state index contributed by atoms with van der Waals surface area (Å²) in [6.07, 6.45) is 3.74. The van der Waals surface area contributed by atoms with E-state index in [4.69, 9.17) is 0 Å². The lowest BCUT2D eigenvalue weighted by Crippen LogP contribution is -2.08. The molecule has 0 saturated heterocycles. The van der Waals surface area contributed by atoms with Gasteiger partial charge in [0.1, 0.15) is 10.0 Å². The summed E-state index contributed by atoms with van der Waals surface area (Å²) < 4.78 is 0. The molecular weight excluding hydrogens is 250 g/mol. The molecule has 90 valence electrons. The van der Waals surface area contributed by atoms with Crippen LogP contribution >= 0.6 is 22.7 Å². The van der Waals surface area contributed by atoms with Gasteiger partial charge in [-0.1, -0.05) is 11.3 Å². The lowest BCUT2D eigenvalue weighted by atomic mass is 9.88. The van der Waals surface area contributed by atoms with Gasteiger partial charge >= 0.3 is 0 Å². The summed E-state index contributed by atoms with van der Waals surface area (Å²) in [6.45, 7) is 0.820. The fourth-order valence-corrected chi connectivity index (χ4v) is 4.37. The van der Waals surface area contributed by atoms with Crippen LogP contribution in [0.1, 0.15) is 39.2 Å². The van der Waals surface area contributed by atoms with Crippen molar-refractivity contribution in [1.29, 1.82) is 0 Å². The Morgan fingerprint density at radius 1 is 1.47 bits per heavy atom. The average molecular weight is 265 g/mol. The summed E-state index contributed by atoms with van der Waals surface area (Å²) in [5.74, 6) is 0.494. The first-order valence-corrected chi connectivity index (χ1v) is 7.61. The molecule has 1 aliphatic carbocycles. The zero-order valence-electron chi connectivity index (χ0n) is 9.77. The standard InChI is InChI=1S/C12H15N3S2/c1-13-7-11-14-15-12(17-11)9-3-2-4-10-8(9)5-6-16-10/h5-6,9,13H,2-4,7H2,1H3. The van der Waals surface area contributed by atoms with Crippen molar-refractivity contribution >= 4 is 22.7 Å². The first-order chi connectivity index (χ1) is 8.38. The van der Waals surface area contributed by atoms with E-state index in [0.717, 1.165) is 11.6 Å². The van der Waals surface area contributed by atoms with E-state index in [9.17, 15) is 0 Å². The van der Waals surface area contributed by atoms with Crippen LogP contribution in [0, 0.1) is 0 Å². The van der Waals surface area contributed by atoms with Crippen molar-refractivity contribution in [3.63, 3.8) is 0 Å². The highest BCUT2D eigenvalue weighted by molar-refractivity contribution is 7.11. The van der Waals surface area contributed by atoms with Crippen LogP contribution in [-0.2, 0) is 13.0 Å². The maximum absolute atomic E-state index is 4.37. The van der Waals surface area contributed by atoms with Crippen LogP contribution in [0.5, 0.6) is 0 Å². The molecule has 5 heteroatoms. The third kappa shape index (κ3) is 2.14. The molecule has 3 nitrogen and oxygen atoms in total. The minimum atomic E-state index is 0.494. The average Bonchev–Trinajstić information content (AvgIpc) is 2.96. The maximum atomic E-state index is 4.37. The summed E-state index contributed by atoms with van der Waals surface area (Å²) in [7, 11) is 1.94. The highest BCUT2D eigenvalue weighted by Crippen LogP contribution is 2.39. The molecule has 1 atom stereocenters. The molecule has 1 unspecified atom stereocenters. The van der Waals surface area contributed by atoms with Gasteiger partial charge < -0.3 is 5.32 Å². The van der Waals surface area contributed by atoms with Gasteiger partial charge in [-0.25, -0.2) is 0 Å². The summed E-state index contributed by atoms with van der Waals surface area (Å²) >= 11 is 3.64. The summed E-state index contributed by atoms with van der Waals surface area (Å²) in [6, 6.07) is 2.27. The Morgan fingerprint density at radius 2 is 2.41 bits per heavy atom. The normalized spacial score (nSPS) is 19.2. The molecule has 0 fully saturated rings. The Hall–Kier alpha value is -0.780. The van der Waals surface area contributed by atoms with Crippen molar-refractivity contribution < 1.29 is 0 Å². The second-order valence-corrected chi connectivity index (χ2v) is 6.40. The number of hydrogen-bond acceptors (Lipinski definition) is 5. The molecule has 0 saturated carbocycles. The van der Waals surface area contributed by atoms with Crippen LogP contribution < -0.4 is 5.32 Å². The van der Waals surface area contributed by atoms with Crippen molar-refractivity contribution in [2.75, 3.05) is 7.05 Å². The van der Waals surface area contributed by atoms with Crippen LogP contribution in [0.4, 0.5) is 0 Å². The third-order valence-electron chi connectivity index (χ3n) is 3.16. The SMILES string of the molecule is CNCc1nnc(C2CCCc3sccc32)s1. The minimum absolute atomic E-state index is 0.494. The number of fused-ring (bicyclic) bond motifs is 1. The van der Waals surface area contributed by atoms with Gasteiger partial charge in [-0.3, -0.25) is 0 Å². The first-order valence-electron chi connectivity index (χ1n) is 5.91. The predicted molar refractivity (Wildman–Crippen MR) is 71.8 cm³/mol. The number of nitrogens with zero attached hydrogens (tertiary/aromatic N) is 2. The smallest absolute Gasteiger partial charge is 0.131 e. The molecule has 1 aliphatic rings. The number of thiophene rings is 1. The molecule has 0 radical (unpaired) electrons. The van der Waals surface area contributed by atoms with Crippen molar-refractivity contribution in [1.82, 2.24) is 15.5 Å². The zero-order chi connectivity index (χ0) is 11.7. The minimum Gasteiger partial charge on any atom is -0.313 e. The fraction of sp³-hybridized carbons (Fsp3) is 0.500. The molecule has 0 aromatic carbocycles. The largest absolute Gasteiger partial charge is 0.313 e. The molecule has 0 bridgehead atoms. The fourth-order valence-electron chi connectivity index (χ4n) is 2.37. The van der Waals surface area contributed by atoms with Gasteiger partial charge in [-0.2, -0.15) is 0 Å². The van der Waals surface area contributed by atoms with Gasteiger partial charge in [0.25, 0.3) is 0 Å². The highest BCUT2D eigenvalue weighted by atomic mass is 32.1. The molecule has 1 N–H and O–H groups in total. The van der Waals surface area contributed by atoms with Gasteiger partial charge in [0.2, 0.25) is 0 Å². The highest BCUT2D eigenvalue weighted by Gasteiger charge is 2.25. The van der Waals surface area contributed by atoms with E-state index in [-0.39, 0.29) is 0 Å². The quantitative estimate of drug-likeness (QED) is 0.927. The number of aryl methyl sites for hydroxylation is 1. The Balaban J connectivity index is 1.90. The Morgan fingerprint density at radius 3 is 3.29 bits per heavy atom. The van der Waals surface area contributed by atoms with Crippen LogP contribution in [0.15, 0.2) is 11.4 Å². The molecule has 0 aliphatic heterocycles. The Kier molecular flexibility index (Phi) is 3.22. The molecule has 3 rings (SSSR count). The second kappa shape index (κ2) is 4.84. The Bertz CT molecular complexity index is 503. The maximum Gasteiger partial charge on any atom is 0.131 e. The Labute approximate surface area is 109 Å². The van der Waals surface area contributed by atoms with Crippen molar-refractivity contribution in [2.24, 2.45) is 0 Å². The van der Waals surface area contributed by atoms with Gasteiger partial charge in [0.15, 0.2) is 0 Å². The molecular formula is C12H15N3S2. The van der Waals surface area contributed by atoms with Gasteiger partial charge in [0.05, 0.1) is 0 Å². The molecule has 2 aromatic rings. The second-order valence-electron chi connectivity index (χ2n) is 4.31. The third-order valence-corrected chi connectivity index (χ3v) is 5.19. The van der Waals surface area contributed by atoms with E-state index in [2.05, 4.69) is 27.0 Å². The van der Waals surface area contributed by atoms with E-state index in [1.807, 2.05) is 18.4 Å². The predicted octanol–water partition coefficient (Wildman–Crippen LogP) is 2.79. The monoisotopic (exact) mass is 265 g/mol. The lowest BCUT2D eigenvalue weighted by Gasteiger charge is -2.19. The molecule has 2 heterocycles. The summed E-state index contributed by atoms with van der Waals surface area (Å²) in [5, 5.41) is 16.2. The van der Waals surface area contributed by atoms with E-state index < -0.39 is 0 Å². The number of aromatic nitrogens is 2. The molecule has 17 heavy (non-hydrogen) atoms. The van der Waals surface area contributed by atoms with Gasteiger partial charge in [-0.05, 0) is 43.3 Å². The lowest BCUT2D eigenvalue weighted by molar-refractivity contribution is 0.617. The van der Waals surface area contributed by atoms with Crippen molar-refractivity contribution in [3.05, 3.63) is 31.9 Å². The van der Waals surface area contributed by atoms with Crippen LogP contribution in [0.25, 0.3) is 0 Å². The molecule has 2 aromatic heterocycles.